The molecule has 0 bridgehead atoms. The smallest absolute Gasteiger partial charge is 0.242 e. The number of carbonyl (C=O) groups excluding carboxylic acids is 1. The summed E-state index contributed by atoms with van der Waals surface area (Å²) in [5.74, 6) is -0.554. The van der Waals surface area contributed by atoms with E-state index in [4.69, 9.17) is 0 Å². The molecule has 1 aromatic heterocycles. The molecule has 7 heteroatoms. The van der Waals surface area contributed by atoms with Crippen LogP contribution in [0.5, 0.6) is 0 Å². The number of halogens is 1. The molecule has 0 saturated carbocycles. The van der Waals surface area contributed by atoms with Gasteiger partial charge in [-0.15, -0.1) is 10.2 Å². The number of nitrogens with one attached hydrogen (secondary N) is 1. The van der Waals surface area contributed by atoms with E-state index in [0.717, 1.165) is 5.56 Å². The van der Waals surface area contributed by atoms with Gasteiger partial charge >= 0.3 is 0 Å². The van der Waals surface area contributed by atoms with Crippen LogP contribution in [0, 0.1) is 5.82 Å². The third-order valence-corrected chi connectivity index (χ3v) is 4.65. The van der Waals surface area contributed by atoms with Crippen LogP contribution in [0.3, 0.4) is 0 Å². The first-order valence-electron chi connectivity index (χ1n) is 7.25. The highest BCUT2D eigenvalue weighted by molar-refractivity contribution is 8.00. The zero-order valence-corrected chi connectivity index (χ0v) is 13.7. The number of rotatable bonds is 5. The Hall–Kier alpha value is -2.67. The van der Waals surface area contributed by atoms with Crippen molar-refractivity contribution in [2.75, 3.05) is 5.32 Å². The number of hydrogen-bond acceptors (Lipinski definition) is 4. The number of amides is 1. The molecule has 1 amide bonds. The summed E-state index contributed by atoms with van der Waals surface area (Å²) in [5, 5.41) is 10.8. The quantitative estimate of drug-likeness (QED) is 0.722. The Kier molecular flexibility index (Phi) is 4.90. The van der Waals surface area contributed by atoms with Crippen LogP contribution in [-0.2, 0) is 11.8 Å². The molecule has 5 nitrogen and oxygen atoms in total. The van der Waals surface area contributed by atoms with Crippen LogP contribution >= 0.6 is 11.8 Å². The Morgan fingerprint density at radius 3 is 2.50 bits per heavy atom. The van der Waals surface area contributed by atoms with Gasteiger partial charge in [0.25, 0.3) is 0 Å². The summed E-state index contributed by atoms with van der Waals surface area (Å²) in [6, 6.07) is 15.1. The zero-order valence-electron chi connectivity index (χ0n) is 12.9. The van der Waals surface area contributed by atoms with Crippen LogP contribution in [-0.4, -0.2) is 20.7 Å². The molecule has 0 fully saturated rings. The van der Waals surface area contributed by atoms with Crippen molar-refractivity contribution in [3.05, 3.63) is 72.3 Å². The van der Waals surface area contributed by atoms with E-state index in [2.05, 4.69) is 15.5 Å². The van der Waals surface area contributed by atoms with Crippen molar-refractivity contribution in [1.29, 1.82) is 0 Å². The van der Waals surface area contributed by atoms with Gasteiger partial charge in [-0.25, -0.2) is 4.39 Å². The molecule has 122 valence electrons. The van der Waals surface area contributed by atoms with Gasteiger partial charge in [0.1, 0.15) is 17.4 Å². The SMILES string of the molecule is Cn1cnnc1SC(C(=O)Nc1ccc(F)cc1)c1ccccc1. The van der Waals surface area contributed by atoms with Crippen molar-refractivity contribution in [1.82, 2.24) is 14.8 Å². The van der Waals surface area contributed by atoms with E-state index in [0.29, 0.717) is 10.8 Å². The maximum absolute atomic E-state index is 13.0. The van der Waals surface area contributed by atoms with Crippen LogP contribution < -0.4 is 5.32 Å². The lowest BCUT2D eigenvalue weighted by atomic mass is 10.1. The molecule has 0 saturated heterocycles. The Morgan fingerprint density at radius 2 is 1.88 bits per heavy atom. The van der Waals surface area contributed by atoms with Crippen LogP contribution in [0.1, 0.15) is 10.8 Å². The molecule has 2 aromatic carbocycles. The second kappa shape index (κ2) is 7.27. The fourth-order valence-corrected chi connectivity index (χ4v) is 3.10. The monoisotopic (exact) mass is 342 g/mol. The summed E-state index contributed by atoms with van der Waals surface area (Å²) in [6.45, 7) is 0. The van der Waals surface area contributed by atoms with Crippen LogP contribution in [0.4, 0.5) is 10.1 Å². The third-order valence-electron chi connectivity index (χ3n) is 3.35. The first-order chi connectivity index (χ1) is 11.6. The van der Waals surface area contributed by atoms with E-state index in [-0.39, 0.29) is 11.7 Å². The summed E-state index contributed by atoms with van der Waals surface area (Å²) >= 11 is 1.31. The van der Waals surface area contributed by atoms with Gasteiger partial charge in [0, 0.05) is 12.7 Å². The molecule has 0 spiro atoms. The molecular weight excluding hydrogens is 327 g/mol. The second-order valence-electron chi connectivity index (χ2n) is 5.13. The minimum absolute atomic E-state index is 0.208. The highest BCUT2D eigenvalue weighted by Gasteiger charge is 2.24. The van der Waals surface area contributed by atoms with E-state index >= 15 is 0 Å². The number of carbonyl (C=O) groups is 1. The van der Waals surface area contributed by atoms with Crippen molar-refractivity contribution in [3.63, 3.8) is 0 Å². The predicted molar refractivity (Wildman–Crippen MR) is 91.1 cm³/mol. The minimum Gasteiger partial charge on any atom is -0.325 e. The Bertz CT molecular complexity index is 820. The van der Waals surface area contributed by atoms with E-state index in [9.17, 15) is 9.18 Å². The van der Waals surface area contributed by atoms with Gasteiger partial charge < -0.3 is 9.88 Å². The molecule has 1 heterocycles. The number of nitrogens with zero attached hydrogens (tertiary/aromatic N) is 3. The average molecular weight is 342 g/mol. The van der Waals surface area contributed by atoms with Crippen molar-refractivity contribution in [2.24, 2.45) is 7.05 Å². The summed E-state index contributed by atoms with van der Waals surface area (Å²) in [4.78, 5) is 12.8. The fraction of sp³-hybridized carbons (Fsp3) is 0.118. The molecule has 24 heavy (non-hydrogen) atoms. The molecule has 0 aliphatic rings. The Labute approximate surface area is 142 Å². The van der Waals surface area contributed by atoms with Crippen molar-refractivity contribution in [3.8, 4) is 0 Å². The summed E-state index contributed by atoms with van der Waals surface area (Å²) in [5.41, 5.74) is 1.39. The number of aromatic nitrogens is 3. The average Bonchev–Trinajstić information content (AvgIpc) is 3.00. The predicted octanol–water partition coefficient (Wildman–Crippen LogP) is 3.43. The summed E-state index contributed by atoms with van der Waals surface area (Å²) in [7, 11) is 1.82. The number of hydrogen-bond donors (Lipinski definition) is 1. The van der Waals surface area contributed by atoms with Crippen molar-refractivity contribution < 1.29 is 9.18 Å². The molecule has 3 rings (SSSR count). The number of thioether (sulfide) groups is 1. The van der Waals surface area contributed by atoms with E-state index in [1.807, 2.05) is 37.4 Å². The van der Waals surface area contributed by atoms with Gasteiger partial charge in [-0.2, -0.15) is 0 Å². The van der Waals surface area contributed by atoms with E-state index < -0.39 is 5.25 Å². The molecule has 3 aromatic rings. The molecule has 1 atom stereocenters. The first kappa shape index (κ1) is 16.2. The lowest BCUT2D eigenvalue weighted by molar-refractivity contribution is -0.115. The van der Waals surface area contributed by atoms with Crippen LogP contribution in [0.2, 0.25) is 0 Å². The Balaban J connectivity index is 1.85. The largest absolute Gasteiger partial charge is 0.325 e. The normalized spacial score (nSPS) is 11.9. The Morgan fingerprint density at radius 1 is 1.17 bits per heavy atom. The lowest BCUT2D eigenvalue weighted by Crippen LogP contribution is -2.19. The number of benzene rings is 2. The molecule has 1 unspecified atom stereocenters. The number of anilines is 1. The maximum atomic E-state index is 13.0. The first-order valence-corrected chi connectivity index (χ1v) is 8.13. The van der Waals surface area contributed by atoms with Gasteiger partial charge in [-0.1, -0.05) is 42.1 Å². The van der Waals surface area contributed by atoms with E-state index in [1.165, 1.54) is 36.0 Å². The summed E-state index contributed by atoms with van der Waals surface area (Å²) < 4.78 is 14.8. The van der Waals surface area contributed by atoms with Crippen LogP contribution in [0.15, 0.2) is 66.1 Å². The zero-order chi connectivity index (χ0) is 16.9. The standard InChI is InChI=1S/C17H15FN4OS/c1-22-11-19-21-17(22)24-15(12-5-3-2-4-6-12)16(23)20-14-9-7-13(18)8-10-14/h2-11,15H,1H3,(H,20,23). The highest BCUT2D eigenvalue weighted by atomic mass is 32.2. The highest BCUT2D eigenvalue weighted by Crippen LogP contribution is 2.34. The van der Waals surface area contributed by atoms with Gasteiger partial charge in [0.05, 0.1) is 0 Å². The minimum atomic E-state index is -0.501. The van der Waals surface area contributed by atoms with Crippen molar-refractivity contribution >= 4 is 23.4 Å². The lowest BCUT2D eigenvalue weighted by Gasteiger charge is -2.16. The van der Waals surface area contributed by atoms with Crippen LogP contribution in [0.25, 0.3) is 0 Å². The number of aryl methyl sites for hydroxylation is 1. The molecular formula is C17H15FN4OS. The van der Waals surface area contributed by atoms with Gasteiger partial charge in [0.15, 0.2) is 5.16 Å². The third kappa shape index (κ3) is 3.80. The van der Waals surface area contributed by atoms with Crippen molar-refractivity contribution in [2.45, 2.75) is 10.4 Å². The topological polar surface area (TPSA) is 59.8 Å². The van der Waals surface area contributed by atoms with Gasteiger partial charge in [0.2, 0.25) is 5.91 Å². The second-order valence-corrected chi connectivity index (χ2v) is 6.20. The van der Waals surface area contributed by atoms with Gasteiger partial charge in [-0.3, -0.25) is 4.79 Å². The summed E-state index contributed by atoms with van der Waals surface area (Å²) in [6.07, 6.45) is 1.59. The fourth-order valence-electron chi connectivity index (χ4n) is 2.13. The molecule has 0 aliphatic carbocycles. The maximum Gasteiger partial charge on any atom is 0.242 e. The molecule has 0 aliphatic heterocycles. The van der Waals surface area contributed by atoms with E-state index in [1.54, 1.807) is 10.9 Å². The molecule has 1 N–H and O–H groups in total. The van der Waals surface area contributed by atoms with Gasteiger partial charge in [-0.05, 0) is 29.8 Å². The molecule has 0 radical (unpaired) electrons.